The van der Waals surface area contributed by atoms with Gasteiger partial charge in [-0.05, 0) is 68.8 Å². The van der Waals surface area contributed by atoms with Crippen molar-refractivity contribution in [2.75, 3.05) is 6.61 Å². The number of imide groups is 1. The lowest BCUT2D eigenvalue weighted by atomic mass is 9.97. The van der Waals surface area contributed by atoms with E-state index >= 15 is 0 Å². The highest BCUT2D eigenvalue weighted by molar-refractivity contribution is 8.16. The van der Waals surface area contributed by atoms with Crippen LogP contribution < -0.4 is 10.1 Å². The molecular formula is C32H34N2O7S. The smallest absolute Gasteiger partial charge is 0.333 e. The van der Waals surface area contributed by atoms with Crippen molar-refractivity contribution in [3.8, 4) is 5.75 Å². The number of carbonyl (C=O) groups excluding carboxylic acids is 4. The normalized spacial score (nSPS) is 17.3. The van der Waals surface area contributed by atoms with Crippen molar-refractivity contribution >= 4 is 34.8 Å². The molecule has 42 heavy (non-hydrogen) atoms. The first-order chi connectivity index (χ1) is 20.0. The number of rotatable bonds is 11. The summed E-state index contributed by atoms with van der Waals surface area (Å²) in [6.07, 6.45) is 1.86. The van der Waals surface area contributed by atoms with Crippen LogP contribution >= 0.6 is 11.8 Å². The van der Waals surface area contributed by atoms with Gasteiger partial charge in [-0.1, -0.05) is 48.5 Å². The van der Waals surface area contributed by atoms with Crippen molar-refractivity contribution < 1.29 is 33.4 Å². The van der Waals surface area contributed by atoms with Crippen LogP contribution in [0, 0.1) is 5.41 Å². The van der Waals surface area contributed by atoms with Crippen LogP contribution in [0.2, 0.25) is 0 Å². The first kappa shape index (κ1) is 30.8. The van der Waals surface area contributed by atoms with Crippen LogP contribution in [0.3, 0.4) is 0 Å². The van der Waals surface area contributed by atoms with Crippen molar-refractivity contribution in [3.63, 3.8) is 0 Å². The van der Waals surface area contributed by atoms with Gasteiger partial charge in [0.05, 0.1) is 12.0 Å². The Hall–Kier alpha value is -4.18. The van der Waals surface area contributed by atoms with Crippen LogP contribution in [-0.4, -0.2) is 39.4 Å². The van der Waals surface area contributed by atoms with E-state index in [1.54, 1.807) is 30.5 Å². The summed E-state index contributed by atoms with van der Waals surface area (Å²) < 4.78 is 15.1. The summed E-state index contributed by atoms with van der Waals surface area (Å²) in [5.41, 5.74) is 2.52. The Kier molecular flexibility index (Phi) is 9.67. The topological polar surface area (TPSA) is 121 Å². The van der Waals surface area contributed by atoms with E-state index < -0.39 is 33.4 Å². The number of hydrogen-bond donors (Lipinski definition) is 1. The SMILES string of the molecule is CC(OC(=O)C(C)(C)C)c1ccc(CCOc2ccc(C[C@@]3(C(=O)OCc4ccccc4)SC(=O)NC3=O)cc2)nc1. The second-order valence-electron chi connectivity index (χ2n) is 11.0. The molecule has 1 unspecified atom stereocenters. The summed E-state index contributed by atoms with van der Waals surface area (Å²) >= 11 is 0.644. The fourth-order valence-electron chi connectivity index (χ4n) is 4.08. The van der Waals surface area contributed by atoms with Crippen LogP contribution in [0.15, 0.2) is 72.9 Å². The zero-order chi connectivity index (χ0) is 30.3. The average Bonchev–Trinajstić information content (AvgIpc) is 3.26. The van der Waals surface area contributed by atoms with Crippen LogP contribution in [0.1, 0.15) is 56.2 Å². The van der Waals surface area contributed by atoms with Crippen molar-refractivity contribution in [3.05, 3.63) is 95.3 Å². The molecule has 1 aliphatic rings. The summed E-state index contributed by atoms with van der Waals surface area (Å²) in [5.74, 6) is -1.11. The van der Waals surface area contributed by atoms with Gasteiger partial charge in [0, 0.05) is 30.3 Å². The van der Waals surface area contributed by atoms with E-state index in [0.29, 0.717) is 36.1 Å². The van der Waals surface area contributed by atoms with Crippen molar-refractivity contribution in [2.45, 2.75) is 58.0 Å². The minimum Gasteiger partial charge on any atom is -0.493 e. The number of esters is 2. The van der Waals surface area contributed by atoms with Crippen LogP contribution in [-0.2, 0) is 43.3 Å². The van der Waals surface area contributed by atoms with E-state index in [-0.39, 0.29) is 19.0 Å². The predicted octanol–water partition coefficient (Wildman–Crippen LogP) is 5.36. The minimum absolute atomic E-state index is 0.00248. The minimum atomic E-state index is -1.70. The van der Waals surface area contributed by atoms with E-state index in [2.05, 4.69) is 10.3 Å². The van der Waals surface area contributed by atoms with E-state index in [0.717, 1.165) is 16.8 Å². The zero-order valence-corrected chi connectivity index (χ0v) is 24.9. The maximum Gasteiger partial charge on any atom is 0.333 e. The summed E-state index contributed by atoms with van der Waals surface area (Å²) in [6, 6.07) is 19.9. The Morgan fingerprint density at radius 1 is 0.976 bits per heavy atom. The van der Waals surface area contributed by atoms with Gasteiger partial charge < -0.3 is 14.2 Å². The zero-order valence-electron chi connectivity index (χ0n) is 24.0. The van der Waals surface area contributed by atoms with Gasteiger partial charge in [-0.2, -0.15) is 0 Å². The van der Waals surface area contributed by atoms with Gasteiger partial charge in [-0.15, -0.1) is 0 Å². The lowest BCUT2D eigenvalue weighted by Gasteiger charge is -2.22. The molecule has 10 heteroatoms. The molecule has 1 saturated heterocycles. The molecule has 2 amide bonds. The molecule has 1 N–H and O–H groups in total. The molecule has 1 aromatic heterocycles. The van der Waals surface area contributed by atoms with Crippen molar-refractivity contribution in [2.24, 2.45) is 5.41 Å². The number of aromatic nitrogens is 1. The molecule has 2 heterocycles. The first-order valence-corrected chi connectivity index (χ1v) is 14.4. The molecule has 220 valence electrons. The second kappa shape index (κ2) is 13.2. The lowest BCUT2D eigenvalue weighted by Crippen LogP contribution is -2.46. The standard InChI is InChI=1S/C32H34N2O7S/c1-21(41-28(36)31(2,3)4)24-12-13-25(33-19-24)16-17-39-26-14-10-22(11-15-26)18-32(27(35)34-30(38)42-32)29(37)40-20-23-8-6-5-7-9-23/h5-15,19,21H,16-18,20H2,1-4H3,(H,34,35,38)/t21?,32-/m1/s1. The van der Waals surface area contributed by atoms with E-state index in [1.165, 1.54) is 0 Å². The molecule has 9 nitrogen and oxygen atoms in total. The molecule has 3 aromatic rings. The third-order valence-electron chi connectivity index (χ3n) is 6.61. The Balaban J connectivity index is 1.31. The van der Waals surface area contributed by atoms with Crippen LogP contribution in [0.25, 0.3) is 0 Å². The van der Waals surface area contributed by atoms with Crippen LogP contribution in [0.4, 0.5) is 4.79 Å². The maximum atomic E-state index is 13.1. The van der Waals surface area contributed by atoms with Crippen molar-refractivity contribution in [1.82, 2.24) is 10.3 Å². The summed E-state index contributed by atoms with van der Waals surface area (Å²) in [5, 5.41) is 1.63. The van der Waals surface area contributed by atoms with E-state index in [9.17, 15) is 19.2 Å². The second-order valence-corrected chi connectivity index (χ2v) is 12.3. The molecule has 0 bridgehead atoms. The van der Waals surface area contributed by atoms with E-state index in [1.807, 2.05) is 70.2 Å². The Labute approximate surface area is 249 Å². The summed E-state index contributed by atoms with van der Waals surface area (Å²) in [6.45, 7) is 7.63. The predicted molar refractivity (Wildman–Crippen MR) is 158 cm³/mol. The number of amides is 2. The molecule has 2 aromatic carbocycles. The molecule has 1 aliphatic heterocycles. The van der Waals surface area contributed by atoms with Gasteiger partial charge in [0.2, 0.25) is 4.75 Å². The number of carbonyl (C=O) groups is 4. The van der Waals surface area contributed by atoms with Gasteiger partial charge in [0.25, 0.3) is 11.1 Å². The molecule has 0 spiro atoms. The monoisotopic (exact) mass is 590 g/mol. The molecule has 4 rings (SSSR count). The number of thioether (sulfide) groups is 1. The fourth-order valence-corrected chi connectivity index (χ4v) is 5.07. The van der Waals surface area contributed by atoms with Crippen LogP contribution in [0.5, 0.6) is 5.75 Å². The quantitative estimate of drug-likeness (QED) is 0.232. The number of nitrogens with zero attached hydrogens (tertiary/aromatic N) is 1. The molecule has 1 fully saturated rings. The molecule has 2 atom stereocenters. The Morgan fingerprint density at radius 3 is 2.29 bits per heavy atom. The third-order valence-corrected chi connectivity index (χ3v) is 7.74. The van der Waals surface area contributed by atoms with Gasteiger partial charge in [0.1, 0.15) is 18.5 Å². The lowest BCUT2D eigenvalue weighted by molar-refractivity contribution is -0.158. The number of benzene rings is 2. The number of hydrogen-bond acceptors (Lipinski definition) is 9. The first-order valence-electron chi connectivity index (χ1n) is 13.6. The molecule has 0 radical (unpaired) electrons. The van der Waals surface area contributed by atoms with Gasteiger partial charge in [0.15, 0.2) is 0 Å². The number of ether oxygens (including phenoxy) is 3. The summed E-state index contributed by atoms with van der Waals surface area (Å²) in [4.78, 5) is 54.5. The fraction of sp³-hybridized carbons (Fsp3) is 0.344. The Morgan fingerprint density at radius 2 is 1.69 bits per heavy atom. The molecule has 0 saturated carbocycles. The highest BCUT2D eigenvalue weighted by Crippen LogP contribution is 2.37. The Bertz CT molecular complexity index is 1420. The van der Waals surface area contributed by atoms with E-state index in [4.69, 9.17) is 14.2 Å². The highest BCUT2D eigenvalue weighted by Gasteiger charge is 2.55. The molecule has 0 aliphatic carbocycles. The van der Waals surface area contributed by atoms with Gasteiger partial charge >= 0.3 is 11.9 Å². The largest absolute Gasteiger partial charge is 0.493 e. The van der Waals surface area contributed by atoms with Gasteiger partial charge in [-0.3, -0.25) is 24.7 Å². The average molecular weight is 591 g/mol. The molecular weight excluding hydrogens is 556 g/mol. The third kappa shape index (κ3) is 7.76. The number of nitrogens with one attached hydrogen (secondary N) is 1. The number of pyridine rings is 1. The summed E-state index contributed by atoms with van der Waals surface area (Å²) in [7, 11) is 0. The highest BCUT2D eigenvalue weighted by atomic mass is 32.2. The maximum absolute atomic E-state index is 13.1. The van der Waals surface area contributed by atoms with Crippen molar-refractivity contribution in [1.29, 1.82) is 0 Å². The van der Waals surface area contributed by atoms with Gasteiger partial charge in [-0.25, -0.2) is 4.79 Å².